The molecule has 137 heavy (non-hydrogen) atoms. The number of rotatable bonds is 10. The predicted octanol–water partition coefficient (Wildman–Crippen LogP) is 37.9. The van der Waals surface area contributed by atoms with Gasteiger partial charge in [0, 0.05) is 16.2 Å². The molecule has 0 fully saturated rings. The Morgan fingerprint density at radius 2 is 0.343 bits per heavy atom. The van der Waals surface area contributed by atoms with E-state index in [1.807, 2.05) is 0 Å². The van der Waals surface area contributed by atoms with Crippen LogP contribution in [0.4, 0.5) is 0 Å². The lowest BCUT2D eigenvalue weighted by atomic mass is 9.80. The lowest BCUT2D eigenvalue weighted by molar-refractivity contribution is 0.660. The quantitative estimate of drug-likeness (QED) is 0.120. The summed E-state index contributed by atoms with van der Waals surface area (Å²) in [4.78, 5) is 0. The van der Waals surface area contributed by atoms with Gasteiger partial charge in [0.05, 0.1) is 0 Å². The van der Waals surface area contributed by atoms with Gasteiger partial charge in [0.2, 0.25) is 0 Å². The smallest absolute Gasteiger partial charge is 0.0159 e. The zero-order valence-corrected chi connectivity index (χ0v) is 77.7. The van der Waals surface area contributed by atoms with Gasteiger partial charge < -0.3 is 0 Å². The first kappa shape index (κ1) is 82.3. The summed E-state index contributed by atoms with van der Waals surface area (Å²) in [5.74, 6) is 0. The standard InChI is InChI=1S/C47H34.2C45H32/c1-47(2)43-20-12-11-17-37(43)38-27-26-36(30-44(38)47)46-40-19-10-9-18-39(40)45(34-15-7-4-8-16-34)42-29-35(25-28-41(42)46)33-23-21-32(22-24-33)31-13-5-3-6-14-31;1-45(2)41-22-11-10-18-35(41)36-25-24-32(28-42(36)45)44-38-20-9-8-19-37(38)43(30-14-4-3-5-15-30)40-27-31(23-26-39(40)44)34-21-12-16-29-13-6-7-17-33(29)34;1-45(2)41-19-11-10-16-35(41)36-24-23-34(28-42(36)45)44-38-18-9-8-17-37(38)43(30-13-4-3-5-14-30)40-27-33(22-25-39(40)44)32-21-20-29-12-6-7-15-31(29)26-32/h3-30H,1-2H3;2*3-28H,1-2H3. The fraction of sp³-hybridized carbons (Fsp3) is 0.0657. The van der Waals surface area contributed by atoms with Crippen LogP contribution in [0.2, 0.25) is 0 Å². The van der Waals surface area contributed by atoms with Crippen molar-refractivity contribution in [3.05, 3.63) is 519 Å². The Bertz CT molecular complexity index is 8990. The highest BCUT2D eigenvalue weighted by Gasteiger charge is 2.39. The molecule has 646 valence electrons. The number of hydrogen-bond donors (Lipinski definition) is 0. The van der Waals surface area contributed by atoms with E-state index in [9.17, 15) is 0 Å². The van der Waals surface area contributed by atoms with Crippen LogP contribution in [0.3, 0.4) is 0 Å². The van der Waals surface area contributed by atoms with Crippen LogP contribution in [-0.2, 0) is 16.2 Å². The first-order valence-corrected chi connectivity index (χ1v) is 48.2. The molecule has 0 saturated carbocycles. The molecule has 3 aliphatic carbocycles. The van der Waals surface area contributed by atoms with Gasteiger partial charge in [-0.25, -0.2) is 0 Å². The summed E-state index contributed by atoms with van der Waals surface area (Å²) in [7, 11) is 0. The third-order valence-corrected chi connectivity index (χ3v) is 30.4. The summed E-state index contributed by atoms with van der Waals surface area (Å²) in [5.41, 5.74) is 41.6. The first-order chi connectivity index (χ1) is 67.2. The molecule has 0 radical (unpaired) electrons. The zero-order chi connectivity index (χ0) is 91.8. The van der Waals surface area contributed by atoms with Crippen molar-refractivity contribution >= 4 is 86.2 Å². The molecule has 27 rings (SSSR count). The molecule has 0 nitrogen and oxygen atoms in total. The topological polar surface area (TPSA) is 0 Å². The monoisotopic (exact) mass is 1740 g/mol. The molecule has 24 aromatic carbocycles. The Hall–Kier alpha value is -16.6. The molecule has 24 aromatic rings. The van der Waals surface area contributed by atoms with E-state index in [1.165, 1.54) is 264 Å². The largest absolute Gasteiger partial charge is 0.0622 e. The molecule has 0 atom stereocenters. The van der Waals surface area contributed by atoms with Crippen LogP contribution < -0.4 is 0 Å². The minimum Gasteiger partial charge on any atom is -0.0622 e. The highest BCUT2D eigenvalue weighted by Crippen LogP contribution is 2.57. The van der Waals surface area contributed by atoms with Crippen LogP contribution in [-0.4, -0.2) is 0 Å². The van der Waals surface area contributed by atoms with Crippen LogP contribution in [0.5, 0.6) is 0 Å². The third-order valence-electron chi connectivity index (χ3n) is 30.4. The fourth-order valence-corrected chi connectivity index (χ4v) is 23.7. The lowest BCUT2D eigenvalue weighted by Gasteiger charge is -2.23. The van der Waals surface area contributed by atoms with Gasteiger partial charge >= 0.3 is 0 Å². The second-order valence-corrected chi connectivity index (χ2v) is 39.1. The lowest BCUT2D eigenvalue weighted by Crippen LogP contribution is -2.14. The van der Waals surface area contributed by atoms with Crippen molar-refractivity contribution in [1.29, 1.82) is 0 Å². The molecule has 0 spiro atoms. The van der Waals surface area contributed by atoms with Crippen molar-refractivity contribution < 1.29 is 0 Å². The van der Waals surface area contributed by atoms with Crippen LogP contribution in [0.1, 0.15) is 74.9 Å². The molecule has 0 unspecified atom stereocenters. The molecule has 0 heterocycles. The van der Waals surface area contributed by atoms with Crippen molar-refractivity contribution in [3.63, 3.8) is 0 Å². The third kappa shape index (κ3) is 13.7. The Labute approximate surface area is 801 Å². The molecule has 0 heteroatoms. The van der Waals surface area contributed by atoms with E-state index in [4.69, 9.17) is 0 Å². The fourth-order valence-electron chi connectivity index (χ4n) is 23.7. The van der Waals surface area contributed by atoms with Crippen LogP contribution in [0.15, 0.2) is 485 Å². The molecular weight excluding hydrogens is 1650 g/mol. The Kier molecular flexibility index (Phi) is 19.8. The highest BCUT2D eigenvalue weighted by atomic mass is 14.4. The van der Waals surface area contributed by atoms with E-state index in [0.717, 1.165) is 0 Å². The maximum atomic E-state index is 2.47. The molecule has 0 N–H and O–H groups in total. The predicted molar refractivity (Wildman–Crippen MR) is 586 cm³/mol. The second kappa shape index (κ2) is 32.9. The van der Waals surface area contributed by atoms with Gasteiger partial charge in [0.25, 0.3) is 0 Å². The van der Waals surface area contributed by atoms with Crippen molar-refractivity contribution in [1.82, 2.24) is 0 Å². The Morgan fingerprint density at radius 3 is 0.737 bits per heavy atom. The van der Waals surface area contributed by atoms with E-state index in [0.29, 0.717) is 0 Å². The highest BCUT2D eigenvalue weighted by molar-refractivity contribution is 6.26. The molecule has 0 saturated heterocycles. The minimum absolute atomic E-state index is 0.0548. The SMILES string of the molecule is CC1(C)c2ccccc2-c2ccc(-c3c4ccccc4c(-c4ccccc4)c4cc(-c5ccc(-c6ccccc6)cc5)ccc34)cc21.CC1(C)c2ccccc2-c2ccc(-c3c4ccccc4c(-c4ccccc4)c4cc(-c5ccc6ccccc6c5)ccc34)cc21.CC1(C)c2ccccc2-c2ccc(-c3c4ccccc4c(-c4ccccc4)c4cc(-c5cccc6ccccc56)ccc34)cc21. The van der Waals surface area contributed by atoms with Gasteiger partial charge in [-0.05, 0) is 307 Å². The average molecular weight is 1740 g/mol. The number of fused-ring (bicyclic) bond motifs is 17. The van der Waals surface area contributed by atoms with Crippen LogP contribution in [0.25, 0.3) is 231 Å². The first-order valence-electron chi connectivity index (χ1n) is 48.2. The minimum atomic E-state index is -0.0589. The second-order valence-electron chi connectivity index (χ2n) is 39.1. The van der Waals surface area contributed by atoms with Crippen molar-refractivity contribution in [2.45, 2.75) is 57.8 Å². The van der Waals surface area contributed by atoms with E-state index in [2.05, 4.69) is 527 Å². The van der Waals surface area contributed by atoms with Gasteiger partial charge in [-0.3, -0.25) is 0 Å². The van der Waals surface area contributed by atoms with Gasteiger partial charge in [-0.2, -0.15) is 0 Å². The van der Waals surface area contributed by atoms with E-state index in [-0.39, 0.29) is 16.2 Å². The summed E-state index contributed by atoms with van der Waals surface area (Å²) >= 11 is 0. The van der Waals surface area contributed by atoms with Gasteiger partial charge in [0.1, 0.15) is 0 Å². The maximum absolute atomic E-state index is 2.47. The van der Waals surface area contributed by atoms with Crippen LogP contribution in [0, 0.1) is 0 Å². The Balaban J connectivity index is 0.000000109. The average Bonchev–Trinajstić information content (AvgIpc) is 1.53. The van der Waals surface area contributed by atoms with E-state index in [1.54, 1.807) is 0 Å². The molecule has 0 amide bonds. The molecule has 0 aromatic heterocycles. The van der Waals surface area contributed by atoms with Gasteiger partial charge in [-0.15, -0.1) is 0 Å². The maximum Gasteiger partial charge on any atom is 0.0159 e. The summed E-state index contributed by atoms with van der Waals surface area (Å²) in [6, 6.07) is 179. The normalized spacial score (nSPS) is 13.2. The van der Waals surface area contributed by atoms with Gasteiger partial charge in [-0.1, -0.05) is 484 Å². The Morgan fingerprint density at radius 1 is 0.109 bits per heavy atom. The number of hydrogen-bond acceptors (Lipinski definition) is 0. The zero-order valence-electron chi connectivity index (χ0n) is 77.7. The molecule has 3 aliphatic rings. The van der Waals surface area contributed by atoms with Crippen molar-refractivity contribution in [3.8, 4) is 145 Å². The molecule has 0 aliphatic heterocycles. The van der Waals surface area contributed by atoms with Crippen molar-refractivity contribution in [2.24, 2.45) is 0 Å². The van der Waals surface area contributed by atoms with Crippen molar-refractivity contribution in [2.75, 3.05) is 0 Å². The summed E-state index contributed by atoms with van der Waals surface area (Å²) in [6.45, 7) is 14.2. The summed E-state index contributed by atoms with van der Waals surface area (Å²) < 4.78 is 0. The number of benzene rings is 24. The summed E-state index contributed by atoms with van der Waals surface area (Å²) in [5, 5.41) is 20.5. The van der Waals surface area contributed by atoms with Gasteiger partial charge in [0.15, 0.2) is 0 Å². The molecular formula is C137H98. The van der Waals surface area contributed by atoms with E-state index < -0.39 is 0 Å². The summed E-state index contributed by atoms with van der Waals surface area (Å²) in [6.07, 6.45) is 0. The van der Waals surface area contributed by atoms with Crippen LogP contribution >= 0.6 is 0 Å². The van der Waals surface area contributed by atoms with E-state index >= 15 is 0 Å². The molecule has 0 bridgehead atoms.